The molecule has 0 unspecified atom stereocenters. The van der Waals surface area contributed by atoms with Gasteiger partial charge in [-0.1, -0.05) is 0 Å². The molecule has 1 rings (SSSR count). The summed E-state index contributed by atoms with van der Waals surface area (Å²) in [4.78, 5) is 11.2. The quantitative estimate of drug-likeness (QED) is 0.656. The van der Waals surface area contributed by atoms with Gasteiger partial charge in [-0.15, -0.1) is 0 Å². The molecule has 2 N–H and O–H groups in total. The molecule has 0 saturated carbocycles. The topological polar surface area (TPSA) is 58.6 Å². The lowest BCUT2D eigenvalue weighted by molar-refractivity contribution is -0.130. The summed E-state index contributed by atoms with van der Waals surface area (Å²) in [6, 6.07) is 0. The molecule has 0 aromatic carbocycles. The maximum absolute atomic E-state index is 11.2. The van der Waals surface area contributed by atoms with Crippen molar-refractivity contribution >= 4 is 5.91 Å². The van der Waals surface area contributed by atoms with Gasteiger partial charge in [-0.3, -0.25) is 4.79 Å². The molecular formula is C9H17NO3. The van der Waals surface area contributed by atoms with Gasteiger partial charge in [0.2, 0.25) is 5.91 Å². The van der Waals surface area contributed by atoms with Gasteiger partial charge in [0.15, 0.2) is 0 Å². The maximum atomic E-state index is 11.2. The molecule has 0 atom stereocenters. The SMILES string of the molecule is CCNC(=O)CC1(O)CCOCC1. The Kier molecular flexibility index (Phi) is 3.69. The van der Waals surface area contributed by atoms with E-state index in [0.717, 1.165) is 0 Å². The second kappa shape index (κ2) is 4.58. The molecule has 0 aromatic heterocycles. The third kappa shape index (κ3) is 3.32. The minimum atomic E-state index is -0.836. The molecular weight excluding hydrogens is 170 g/mol. The van der Waals surface area contributed by atoms with Crippen LogP contribution in [0.25, 0.3) is 0 Å². The fourth-order valence-corrected chi connectivity index (χ4v) is 1.49. The van der Waals surface area contributed by atoms with Crippen LogP contribution in [0.3, 0.4) is 0 Å². The molecule has 4 heteroatoms. The molecule has 1 saturated heterocycles. The molecule has 1 aliphatic rings. The first kappa shape index (κ1) is 10.5. The summed E-state index contributed by atoms with van der Waals surface area (Å²) in [5.41, 5.74) is -0.836. The Hall–Kier alpha value is -0.610. The van der Waals surface area contributed by atoms with Crippen LogP contribution < -0.4 is 5.32 Å². The molecule has 1 aliphatic heterocycles. The number of rotatable bonds is 3. The highest BCUT2D eigenvalue weighted by Gasteiger charge is 2.31. The number of hydrogen-bond donors (Lipinski definition) is 2. The average molecular weight is 187 g/mol. The molecule has 0 aliphatic carbocycles. The minimum absolute atomic E-state index is 0.0769. The maximum Gasteiger partial charge on any atom is 0.222 e. The van der Waals surface area contributed by atoms with E-state index in [1.807, 2.05) is 6.92 Å². The van der Waals surface area contributed by atoms with Crippen LogP contribution >= 0.6 is 0 Å². The fraction of sp³-hybridized carbons (Fsp3) is 0.889. The Morgan fingerprint density at radius 3 is 2.69 bits per heavy atom. The Bertz CT molecular complexity index is 176. The second-order valence-corrected chi connectivity index (χ2v) is 3.47. The largest absolute Gasteiger partial charge is 0.389 e. The van der Waals surface area contributed by atoms with Crippen molar-refractivity contribution in [2.45, 2.75) is 31.8 Å². The van der Waals surface area contributed by atoms with E-state index in [9.17, 15) is 9.90 Å². The van der Waals surface area contributed by atoms with Gasteiger partial charge in [-0.05, 0) is 6.92 Å². The van der Waals surface area contributed by atoms with Crippen molar-refractivity contribution < 1.29 is 14.6 Å². The van der Waals surface area contributed by atoms with Gasteiger partial charge in [-0.25, -0.2) is 0 Å². The number of aliphatic hydroxyl groups is 1. The first-order chi connectivity index (χ1) is 6.16. The summed E-state index contributed by atoms with van der Waals surface area (Å²) in [6.45, 7) is 3.59. The average Bonchev–Trinajstić information content (AvgIpc) is 2.04. The lowest BCUT2D eigenvalue weighted by atomic mass is 9.90. The number of amides is 1. The zero-order valence-corrected chi connectivity index (χ0v) is 8.01. The first-order valence-electron chi connectivity index (χ1n) is 4.73. The summed E-state index contributed by atoms with van der Waals surface area (Å²) in [7, 11) is 0. The van der Waals surface area contributed by atoms with Crippen LogP contribution in [0.15, 0.2) is 0 Å². The van der Waals surface area contributed by atoms with E-state index in [4.69, 9.17) is 4.74 Å². The van der Waals surface area contributed by atoms with Crippen LogP contribution in [-0.2, 0) is 9.53 Å². The fourth-order valence-electron chi connectivity index (χ4n) is 1.49. The van der Waals surface area contributed by atoms with Crippen molar-refractivity contribution in [3.8, 4) is 0 Å². The van der Waals surface area contributed by atoms with Crippen LogP contribution in [0.4, 0.5) is 0 Å². The standard InChI is InChI=1S/C9H17NO3/c1-2-10-8(11)7-9(12)3-5-13-6-4-9/h12H,2-7H2,1H3,(H,10,11). The molecule has 4 nitrogen and oxygen atoms in total. The van der Waals surface area contributed by atoms with Crippen molar-refractivity contribution in [2.75, 3.05) is 19.8 Å². The smallest absolute Gasteiger partial charge is 0.222 e. The number of carbonyl (C=O) groups is 1. The lowest BCUT2D eigenvalue weighted by Gasteiger charge is -2.31. The summed E-state index contributed by atoms with van der Waals surface area (Å²) in [5.74, 6) is -0.0769. The Morgan fingerprint density at radius 2 is 2.15 bits per heavy atom. The molecule has 0 bridgehead atoms. The van der Waals surface area contributed by atoms with Crippen molar-refractivity contribution in [1.29, 1.82) is 0 Å². The van der Waals surface area contributed by atoms with Crippen LogP contribution in [0.2, 0.25) is 0 Å². The van der Waals surface area contributed by atoms with Gasteiger partial charge in [0.05, 0.1) is 12.0 Å². The number of nitrogens with one attached hydrogen (secondary N) is 1. The second-order valence-electron chi connectivity index (χ2n) is 3.47. The Morgan fingerprint density at radius 1 is 1.54 bits per heavy atom. The highest BCUT2D eigenvalue weighted by Crippen LogP contribution is 2.23. The highest BCUT2D eigenvalue weighted by molar-refractivity contribution is 5.76. The van der Waals surface area contributed by atoms with Gasteiger partial charge in [-0.2, -0.15) is 0 Å². The van der Waals surface area contributed by atoms with E-state index >= 15 is 0 Å². The van der Waals surface area contributed by atoms with E-state index in [2.05, 4.69) is 5.32 Å². The molecule has 1 fully saturated rings. The van der Waals surface area contributed by atoms with E-state index in [1.54, 1.807) is 0 Å². The zero-order valence-electron chi connectivity index (χ0n) is 8.01. The molecule has 1 amide bonds. The summed E-state index contributed by atoms with van der Waals surface area (Å²) < 4.78 is 5.11. The van der Waals surface area contributed by atoms with Gasteiger partial charge in [0, 0.05) is 32.6 Å². The molecule has 0 aromatic rings. The van der Waals surface area contributed by atoms with Crippen molar-refractivity contribution in [3.63, 3.8) is 0 Å². The van der Waals surface area contributed by atoms with E-state index in [-0.39, 0.29) is 12.3 Å². The molecule has 1 heterocycles. The van der Waals surface area contributed by atoms with Crippen LogP contribution in [-0.4, -0.2) is 36.4 Å². The number of hydrogen-bond acceptors (Lipinski definition) is 3. The minimum Gasteiger partial charge on any atom is -0.389 e. The first-order valence-corrected chi connectivity index (χ1v) is 4.73. The van der Waals surface area contributed by atoms with Gasteiger partial charge >= 0.3 is 0 Å². The molecule has 0 spiro atoms. The third-order valence-electron chi connectivity index (χ3n) is 2.29. The molecule has 76 valence electrons. The van der Waals surface area contributed by atoms with Crippen molar-refractivity contribution in [2.24, 2.45) is 0 Å². The summed E-state index contributed by atoms with van der Waals surface area (Å²) in [5, 5.41) is 12.6. The lowest BCUT2D eigenvalue weighted by Crippen LogP contribution is -2.41. The predicted molar refractivity (Wildman–Crippen MR) is 48.3 cm³/mol. The van der Waals surface area contributed by atoms with Crippen molar-refractivity contribution in [1.82, 2.24) is 5.32 Å². The Balaban J connectivity index is 2.36. The van der Waals surface area contributed by atoms with Crippen LogP contribution in [0, 0.1) is 0 Å². The normalized spacial score (nSPS) is 21.1. The van der Waals surface area contributed by atoms with Crippen LogP contribution in [0.1, 0.15) is 26.2 Å². The van der Waals surface area contributed by atoms with Gasteiger partial charge in [0.25, 0.3) is 0 Å². The summed E-state index contributed by atoms with van der Waals surface area (Å²) in [6.07, 6.45) is 1.32. The molecule has 0 radical (unpaired) electrons. The molecule has 13 heavy (non-hydrogen) atoms. The van der Waals surface area contributed by atoms with Gasteiger partial charge in [0.1, 0.15) is 0 Å². The predicted octanol–water partition coefficient (Wildman–Crippen LogP) is 0.0541. The van der Waals surface area contributed by atoms with E-state index < -0.39 is 5.60 Å². The highest BCUT2D eigenvalue weighted by atomic mass is 16.5. The number of ether oxygens (including phenoxy) is 1. The summed E-state index contributed by atoms with van der Waals surface area (Å²) >= 11 is 0. The van der Waals surface area contributed by atoms with Crippen LogP contribution in [0.5, 0.6) is 0 Å². The number of carbonyl (C=O) groups excluding carboxylic acids is 1. The Labute approximate surface area is 78.3 Å². The van der Waals surface area contributed by atoms with E-state index in [1.165, 1.54) is 0 Å². The van der Waals surface area contributed by atoms with Gasteiger partial charge < -0.3 is 15.2 Å². The van der Waals surface area contributed by atoms with Crippen molar-refractivity contribution in [3.05, 3.63) is 0 Å². The zero-order chi connectivity index (χ0) is 9.73. The van der Waals surface area contributed by atoms with E-state index in [0.29, 0.717) is 32.6 Å². The monoisotopic (exact) mass is 187 g/mol. The third-order valence-corrected chi connectivity index (χ3v) is 2.29.